The molecule has 0 aliphatic rings. The van der Waals surface area contributed by atoms with E-state index in [1.807, 2.05) is 0 Å². The highest BCUT2D eigenvalue weighted by Crippen LogP contribution is 2.20. The van der Waals surface area contributed by atoms with Crippen LogP contribution in [0.5, 0.6) is 0 Å². The molecule has 1 heterocycles. The van der Waals surface area contributed by atoms with Crippen molar-refractivity contribution in [2.45, 2.75) is 13.8 Å². The van der Waals surface area contributed by atoms with Gasteiger partial charge in [0, 0.05) is 24.8 Å². The molecule has 0 radical (unpaired) electrons. The number of anilines is 1. The summed E-state index contributed by atoms with van der Waals surface area (Å²) in [5.41, 5.74) is 2.76. The highest BCUT2D eigenvalue weighted by molar-refractivity contribution is 7.17. The minimum atomic E-state index is -0.385. The summed E-state index contributed by atoms with van der Waals surface area (Å²) in [6.07, 6.45) is 3.26. The zero-order valence-corrected chi connectivity index (χ0v) is 13.2. The van der Waals surface area contributed by atoms with E-state index in [1.165, 1.54) is 35.6 Å². The van der Waals surface area contributed by atoms with E-state index in [2.05, 4.69) is 34.3 Å². The SMILES string of the molecule is CCN(CC)c1ncc(/C=N\NC(=O)c2ccc(F)cc2)s1. The van der Waals surface area contributed by atoms with Crippen LogP contribution < -0.4 is 10.3 Å². The Hall–Kier alpha value is -2.28. The third-order valence-electron chi connectivity index (χ3n) is 3.01. The number of benzene rings is 1. The van der Waals surface area contributed by atoms with E-state index in [9.17, 15) is 9.18 Å². The summed E-state index contributed by atoms with van der Waals surface area (Å²) in [5.74, 6) is -0.765. The molecule has 7 heteroatoms. The Balaban J connectivity index is 1.95. The Morgan fingerprint density at radius 3 is 2.68 bits per heavy atom. The maximum Gasteiger partial charge on any atom is 0.271 e. The maximum atomic E-state index is 12.8. The lowest BCUT2D eigenvalue weighted by molar-refractivity contribution is 0.0955. The number of halogens is 1. The molecule has 0 saturated heterocycles. The summed E-state index contributed by atoms with van der Waals surface area (Å²) in [4.78, 5) is 19.1. The number of carbonyl (C=O) groups excluding carboxylic acids is 1. The van der Waals surface area contributed by atoms with E-state index in [0.717, 1.165) is 23.1 Å². The van der Waals surface area contributed by atoms with Crippen molar-refractivity contribution in [1.82, 2.24) is 10.4 Å². The van der Waals surface area contributed by atoms with E-state index >= 15 is 0 Å². The number of hydrogen-bond donors (Lipinski definition) is 1. The standard InChI is InChI=1S/C15H17FN4OS/c1-3-20(4-2)15-17-9-13(22-15)10-18-19-14(21)11-5-7-12(16)8-6-11/h5-10H,3-4H2,1-2H3,(H,19,21)/b18-10-. The number of hydrogen-bond acceptors (Lipinski definition) is 5. The first kappa shape index (κ1) is 16.1. The van der Waals surface area contributed by atoms with Crippen molar-refractivity contribution < 1.29 is 9.18 Å². The molecule has 0 spiro atoms. The minimum Gasteiger partial charge on any atom is -0.349 e. The quantitative estimate of drug-likeness (QED) is 0.658. The van der Waals surface area contributed by atoms with Crippen LogP contribution in [0.25, 0.3) is 0 Å². The molecule has 22 heavy (non-hydrogen) atoms. The summed E-state index contributed by atoms with van der Waals surface area (Å²) in [5, 5.41) is 4.83. The summed E-state index contributed by atoms with van der Waals surface area (Å²) < 4.78 is 12.8. The maximum absolute atomic E-state index is 12.8. The molecule has 0 unspecified atom stereocenters. The molecule has 116 valence electrons. The Bertz CT molecular complexity index is 650. The van der Waals surface area contributed by atoms with Crippen LogP contribution in [-0.2, 0) is 0 Å². The number of thiazole rings is 1. The molecule has 2 aromatic rings. The van der Waals surface area contributed by atoms with Crippen LogP contribution in [0.1, 0.15) is 29.1 Å². The van der Waals surface area contributed by atoms with Crippen molar-refractivity contribution in [1.29, 1.82) is 0 Å². The fourth-order valence-electron chi connectivity index (χ4n) is 1.80. The molecule has 0 aliphatic heterocycles. The third-order valence-corrected chi connectivity index (χ3v) is 4.00. The van der Waals surface area contributed by atoms with Crippen molar-refractivity contribution in [3.8, 4) is 0 Å². The smallest absolute Gasteiger partial charge is 0.271 e. The average molecular weight is 320 g/mol. The van der Waals surface area contributed by atoms with E-state index in [-0.39, 0.29) is 11.7 Å². The van der Waals surface area contributed by atoms with Gasteiger partial charge in [-0.3, -0.25) is 4.79 Å². The van der Waals surface area contributed by atoms with Gasteiger partial charge < -0.3 is 4.90 Å². The van der Waals surface area contributed by atoms with Gasteiger partial charge in [-0.15, -0.1) is 0 Å². The average Bonchev–Trinajstić information content (AvgIpc) is 2.98. The second-order valence-corrected chi connectivity index (χ2v) is 5.46. The van der Waals surface area contributed by atoms with Crippen molar-refractivity contribution in [3.63, 3.8) is 0 Å². The van der Waals surface area contributed by atoms with Gasteiger partial charge in [-0.05, 0) is 38.1 Å². The van der Waals surface area contributed by atoms with Crippen LogP contribution >= 0.6 is 11.3 Å². The van der Waals surface area contributed by atoms with Gasteiger partial charge in [0.2, 0.25) is 0 Å². The van der Waals surface area contributed by atoms with Gasteiger partial charge in [-0.1, -0.05) is 11.3 Å². The molecule has 0 fully saturated rings. The second kappa shape index (κ2) is 7.65. The highest BCUT2D eigenvalue weighted by Gasteiger charge is 2.07. The summed E-state index contributed by atoms with van der Waals surface area (Å²) >= 11 is 1.50. The lowest BCUT2D eigenvalue weighted by Crippen LogP contribution is -2.21. The second-order valence-electron chi connectivity index (χ2n) is 4.42. The molecular weight excluding hydrogens is 303 g/mol. The van der Waals surface area contributed by atoms with Gasteiger partial charge in [0.25, 0.3) is 5.91 Å². The molecule has 1 aromatic heterocycles. The number of nitrogens with zero attached hydrogens (tertiary/aromatic N) is 3. The first-order chi connectivity index (χ1) is 10.6. The largest absolute Gasteiger partial charge is 0.349 e. The van der Waals surface area contributed by atoms with E-state index < -0.39 is 0 Å². The molecular formula is C15H17FN4OS. The van der Waals surface area contributed by atoms with Crippen LogP contribution in [-0.4, -0.2) is 30.2 Å². The third kappa shape index (κ3) is 4.11. The molecule has 0 atom stereocenters. The molecule has 2 rings (SSSR count). The predicted octanol–water partition coefficient (Wildman–Crippen LogP) is 2.89. The van der Waals surface area contributed by atoms with Crippen LogP contribution in [0.15, 0.2) is 35.6 Å². The molecule has 1 N–H and O–H groups in total. The molecule has 1 amide bonds. The molecule has 0 bridgehead atoms. The monoisotopic (exact) mass is 320 g/mol. The number of nitrogens with one attached hydrogen (secondary N) is 1. The zero-order chi connectivity index (χ0) is 15.9. The first-order valence-corrected chi connectivity index (χ1v) is 7.75. The Morgan fingerprint density at radius 1 is 1.36 bits per heavy atom. The molecule has 0 aliphatic carbocycles. The molecule has 1 aromatic carbocycles. The van der Waals surface area contributed by atoms with Crippen LogP contribution in [0.3, 0.4) is 0 Å². The Kier molecular flexibility index (Phi) is 5.60. The normalized spacial score (nSPS) is 10.9. The van der Waals surface area contributed by atoms with Crippen LogP contribution in [0.4, 0.5) is 9.52 Å². The van der Waals surface area contributed by atoms with E-state index in [1.54, 1.807) is 12.4 Å². The van der Waals surface area contributed by atoms with E-state index in [0.29, 0.717) is 5.56 Å². The lowest BCUT2D eigenvalue weighted by atomic mass is 10.2. The summed E-state index contributed by atoms with van der Waals surface area (Å²) in [7, 11) is 0. The molecule has 5 nitrogen and oxygen atoms in total. The summed E-state index contributed by atoms with van der Waals surface area (Å²) in [6.45, 7) is 5.92. The van der Waals surface area contributed by atoms with Gasteiger partial charge in [0.15, 0.2) is 5.13 Å². The summed E-state index contributed by atoms with van der Waals surface area (Å²) in [6, 6.07) is 5.28. The van der Waals surface area contributed by atoms with Crippen LogP contribution in [0.2, 0.25) is 0 Å². The van der Waals surface area contributed by atoms with Crippen molar-refractivity contribution >= 4 is 28.6 Å². The number of rotatable bonds is 6. The van der Waals surface area contributed by atoms with Gasteiger partial charge in [-0.2, -0.15) is 5.10 Å². The lowest BCUT2D eigenvalue weighted by Gasteiger charge is -2.16. The predicted molar refractivity (Wildman–Crippen MR) is 87.1 cm³/mol. The first-order valence-electron chi connectivity index (χ1n) is 6.93. The minimum absolute atomic E-state index is 0.353. The number of amides is 1. The number of hydrazone groups is 1. The number of aromatic nitrogens is 1. The highest BCUT2D eigenvalue weighted by atomic mass is 32.1. The fourth-order valence-corrected chi connectivity index (χ4v) is 2.71. The van der Waals surface area contributed by atoms with Crippen LogP contribution in [0, 0.1) is 5.82 Å². The molecule has 0 saturated carbocycles. The van der Waals surface area contributed by atoms with Crippen molar-refractivity contribution in [3.05, 3.63) is 46.7 Å². The zero-order valence-electron chi connectivity index (χ0n) is 12.4. The van der Waals surface area contributed by atoms with E-state index in [4.69, 9.17) is 0 Å². The van der Waals surface area contributed by atoms with Crippen molar-refractivity contribution in [2.75, 3.05) is 18.0 Å². The van der Waals surface area contributed by atoms with Gasteiger partial charge in [0.05, 0.1) is 11.1 Å². The van der Waals surface area contributed by atoms with Gasteiger partial charge in [0.1, 0.15) is 5.82 Å². The van der Waals surface area contributed by atoms with Crippen molar-refractivity contribution in [2.24, 2.45) is 5.10 Å². The van der Waals surface area contributed by atoms with Gasteiger partial charge in [-0.25, -0.2) is 14.8 Å². The Labute approximate surface area is 132 Å². The number of carbonyl (C=O) groups is 1. The topological polar surface area (TPSA) is 57.6 Å². The Morgan fingerprint density at radius 2 is 2.05 bits per heavy atom. The van der Waals surface area contributed by atoms with Gasteiger partial charge >= 0.3 is 0 Å². The fraction of sp³-hybridized carbons (Fsp3) is 0.267.